The number of rotatable bonds is 3. The average Bonchev–Trinajstić information content (AvgIpc) is 2.93. The van der Waals surface area contributed by atoms with Gasteiger partial charge in [0.25, 0.3) is 0 Å². The van der Waals surface area contributed by atoms with Gasteiger partial charge < -0.3 is 5.32 Å². The van der Waals surface area contributed by atoms with Crippen LogP contribution < -0.4 is 5.32 Å². The van der Waals surface area contributed by atoms with E-state index in [9.17, 15) is 0 Å². The largest absolute Gasteiger partial charge is 0.315 e. The summed E-state index contributed by atoms with van der Waals surface area (Å²) in [6.45, 7) is 6.65. The second kappa shape index (κ2) is 7.38. The van der Waals surface area contributed by atoms with E-state index < -0.39 is 0 Å². The minimum atomic E-state index is 0.325. The predicted octanol–water partition coefficient (Wildman–Crippen LogP) is 4.53. The third-order valence-electron chi connectivity index (χ3n) is 5.31. The Bertz CT molecular complexity index is 847. The Balaban J connectivity index is 1.81. The Kier molecular flexibility index (Phi) is 4.82. The standard InChI is InChI=1S/C23H26N2/c1-18-7-2-5-10-22(18)23(25-15-6-13-24-14-16-25)21-12-11-19-8-3-4-9-20(19)17-21/h2-5,7-12,17,23-24H,6,13-16H2,1H3. The van der Waals surface area contributed by atoms with Gasteiger partial charge in [-0.25, -0.2) is 0 Å². The van der Waals surface area contributed by atoms with E-state index in [0.717, 1.165) is 26.2 Å². The average molecular weight is 330 g/mol. The van der Waals surface area contributed by atoms with Gasteiger partial charge in [-0.15, -0.1) is 0 Å². The van der Waals surface area contributed by atoms with Crippen molar-refractivity contribution >= 4 is 10.8 Å². The van der Waals surface area contributed by atoms with E-state index in [0.29, 0.717) is 6.04 Å². The monoisotopic (exact) mass is 330 g/mol. The molecule has 1 aliphatic rings. The van der Waals surface area contributed by atoms with Crippen LogP contribution in [0.5, 0.6) is 0 Å². The molecule has 2 nitrogen and oxygen atoms in total. The first-order valence-corrected chi connectivity index (χ1v) is 9.32. The molecule has 1 fully saturated rings. The lowest BCUT2D eigenvalue weighted by Gasteiger charge is -2.32. The van der Waals surface area contributed by atoms with Crippen LogP contribution in [0.4, 0.5) is 0 Å². The molecular weight excluding hydrogens is 304 g/mol. The van der Waals surface area contributed by atoms with Crippen molar-refractivity contribution < 1.29 is 0 Å². The van der Waals surface area contributed by atoms with Gasteiger partial charge in [-0.2, -0.15) is 0 Å². The maximum Gasteiger partial charge on any atom is 0.0605 e. The molecule has 0 radical (unpaired) electrons. The number of hydrogen-bond acceptors (Lipinski definition) is 2. The van der Waals surface area contributed by atoms with Gasteiger partial charge in [-0.05, 0) is 53.4 Å². The van der Waals surface area contributed by atoms with Gasteiger partial charge in [0.1, 0.15) is 0 Å². The topological polar surface area (TPSA) is 15.3 Å². The predicted molar refractivity (Wildman–Crippen MR) is 106 cm³/mol. The summed E-state index contributed by atoms with van der Waals surface area (Å²) in [6, 6.07) is 24.8. The summed E-state index contributed by atoms with van der Waals surface area (Å²) in [5.41, 5.74) is 4.20. The van der Waals surface area contributed by atoms with Crippen LogP contribution in [0.1, 0.15) is 29.2 Å². The van der Waals surface area contributed by atoms with Crippen molar-refractivity contribution in [3.63, 3.8) is 0 Å². The molecular formula is C23H26N2. The fourth-order valence-corrected chi connectivity index (χ4v) is 3.98. The molecule has 0 aromatic heterocycles. The maximum atomic E-state index is 3.54. The molecule has 0 bridgehead atoms. The molecule has 0 amide bonds. The number of nitrogens with one attached hydrogen (secondary N) is 1. The van der Waals surface area contributed by atoms with Crippen LogP contribution in [0.15, 0.2) is 66.7 Å². The molecule has 0 spiro atoms. The van der Waals surface area contributed by atoms with E-state index in [1.165, 1.54) is 33.9 Å². The quantitative estimate of drug-likeness (QED) is 0.759. The van der Waals surface area contributed by atoms with Gasteiger partial charge in [0.15, 0.2) is 0 Å². The first-order valence-electron chi connectivity index (χ1n) is 9.32. The lowest BCUT2D eigenvalue weighted by molar-refractivity contribution is 0.240. The van der Waals surface area contributed by atoms with E-state index in [-0.39, 0.29) is 0 Å². The molecule has 0 aliphatic carbocycles. The molecule has 1 unspecified atom stereocenters. The normalized spacial score (nSPS) is 17.3. The molecule has 1 N–H and O–H groups in total. The molecule has 0 saturated carbocycles. The van der Waals surface area contributed by atoms with Gasteiger partial charge in [0, 0.05) is 19.6 Å². The van der Waals surface area contributed by atoms with Crippen molar-refractivity contribution in [2.75, 3.05) is 26.2 Å². The van der Waals surface area contributed by atoms with Gasteiger partial charge in [0.2, 0.25) is 0 Å². The summed E-state index contributed by atoms with van der Waals surface area (Å²) in [4.78, 5) is 2.65. The lowest BCUT2D eigenvalue weighted by Crippen LogP contribution is -2.33. The van der Waals surface area contributed by atoms with E-state index in [1.807, 2.05) is 0 Å². The third-order valence-corrected chi connectivity index (χ3v) is 5.31. The van der Waals surface area contributed by atoms with Crippen LogP contribution in [0, 0.1) is 6.92 Å². The van der Waals surface area contributed by atoms with Crippen LogP contribution in [-0.2, 0) is 0 Å². The fourth-order valence-electron chi connectivity index (χ4n) is 3.98. The van der Waals surface area contributed by atoms with Crippen LogP contribution in [0.25, 0.3) is 10.8 Å². The van der Waals surface area contributed by atoms with Crippen LogP contribution in [0.3, 0.4) is 0 Å². The second-order valence-electron chi connectivity index (χ2n) is 7.01. The highest BCUT2D eigenvalue weighted by atomic mass is 15.2. The molecule has 3 aromatic rings. The zero-order valence-corrected chi connectivity index (χ0v) is 14.9. The Hall–Kier alpha value is -2.16. The van der Waals surface area contributed by atoms with Gasteiger partial charge in [-0.3, -0.25) is 4.90 Å². The van der Waals surface area contributed by atoms with E-state index in [4.69, 9.17) is 0 Å². The van der Waals surface area contributed by atoms with Crippen molar-refractivity contribution in [1.29, 1.82) is 0 Å². The lowest BCUT2D eigenvalue weighted by atomic mass is 9.92. The summed E-state index contributed by atoms with van der Waals surface area (Å²) in [5, 5.41) is 6.18. The first-order chi connectivity index (χ1) is 12.3. The number of aryl methyl sites for hydroxylation is 1. The smallest absolute Gasteiger partial charge is 0.0605 e. The van der Waals surface area contributed by atoms with Crippen molar-refractivity contribution in [2.45, 2.75) is 19.4 Å². The third kappa shape index (κ3) is 3.46. The minimum absolute atomic E-state index is 0.325. The molecule has 2 heteroatoms. The number of fused-ring (bicyclic) bond motifs is 1. The van der Waals surface area contributed by atoms with Gasteiger partial charge in [0.05, 0.1) is 6.04 Å². The molecule has 1 aliphatic heterocycles. The molecule has 128 valence electrons. The zero-order chi connectivity index (χ0) is 17.1. The summed E-state index contributed by atoms with van der Waals surface area (Å²) in [6.07, 6.45) is 1.20. The molecule has 25 heavy (non-hydrogen) atoms. The number of hydrogen-bond donors (Lipinski definition) is 1. The maximum absolute atomic E-state index is 3.54. The van der Waals surface area contributed by atoms with Crippen LogP contribution in [0.2, 0.25) is 0 Å². The van der Waals surface area contributed by atoms with Crippen LogP contribution >= 0.6 is 0 Å². The Morgan fingerprint density at radius 1 is 0.840 bits per heavy atom. The van der Waals surface area contributed by atoms with E-state index >= 15 is 0 Å². The van der Waals surface area contributed by atoms with E-state index in [1.54, 1.807) is 0 Å². The zero-order valence-electron chi connectivity index (χ0n) is 14.9. The van der Waals surface area contributed by atoms with Crippen molar-refractivity contribution in [2.24, 2.45) is 0 Å². The highest BCUT2D eigenvalue weighted by molar-refractivity contribution is 5.83. The highest BCUT2D eigenvalue weighted by Gasteiger charge is 2.24. The van der Waals surface area contributed by atoms with Gasteiger partial charge >= 0.3 is 0 Å². The molecule has 3 aromatic carbocycles. The van der Waals surface area contributed by atoms with Gasteiger partial charge in [-0.1, -0.05) is 60.7 Å². The molecule has 1 heterocycles. The van der Waals surface area contributed by atoms with Crippen molar-refractivity contribution in [3.8, 4) is 0 Å². The highest BCUT2D eigenvalue weighted by Crippen LogP contribution is 2.33. The van der Waals surface area contributed by atoms with E-state index in [2.05, 4.69) is 83.9 Å². The van der Waals surface area contributed by atoms with Crippen molar-refractivity contribution in [1.82, 2.24) is 10.2 Å². The first kappa shape index (κ1) is 16.3. The summed E-state index contributed by atoms with van der Waals surface area (Å²) < 4.78 is 0. The number of benzene rings is 3. The minimum Gasteiger partial charge on any atom is -0.315 e. The summed E-state index contributed by atoms with van der Waals surface area (Å²) >= 11 is 0. The molecule has 4 rings (SSSR count). The summed E-state index contributed by atoms with van der Waals surface area (Å²) in [7, 11) is 0. The second-order valence-corrected chi connectivity index (χ2v) is 7.01. The van der Waals surface area contributed by atoms with Crippen molar-refractivity contribution in [3.05, 3.63) is 83.4 Å². The number of nitrogens with zero attached hydrogens (tertiary/aromatic N) is 1. The SMILES string of the molecule is Cc1ccccc1C(c1ccc2ccccc2c1)N1CCCNCC1. The fraction of sp³-hybridized carbons (Fsp3) is 0.304. The Labute approximate surface area is 150 Å². The Morgan fingerprint density at radius 3 is 2.52 bits per heavy atom. The Morgan fingerprint density at radius 2 is 1.64 bits per heavy atom. The molecule has 1 atom stereocenters. The molecule has 1 saturated heterocycles. The summed E-state index contributed by atoms with van der Waals surface area (Å²) in [5.74, 6) is 0. The van der Waals surface area contributed by atoms with Crippen LogP contribution in [-0.4, -0.2) is 31.1 Å².